The molecule has 0 bridgehead atoms. The lowest BCUT2D eigenvalue weighted by Gasteiger charge is -2.34. The second-order valence-corrected chi connectivity index (χ2v) is 5.73. The number of benzene rings is 1. The minimum atomic E-state index is -0.00137. The van der Waals surface area contributed by atoms with E-state index in [4.69, 9.17) is 9.47 Å². The Bertz CT molecular complexity index is 467. The Morgan fingerprint density at radius 3 is 3.05 bits per heavy atom. The zero-order valence-corrected chi connectivity index (χ0v) is 13.7. The Kier molecular flexibility index (Phi) is 5.24. The van der Waals surface area contributed by atoms with Crippen molar-refractivity contribution >= 4 is 37.8 Å². The molecule has 4 nitrogen and oxygen atoms in total. The van der Waals surface area contributed by atoms with E-state index < -0.39 is 0 Å². The number of carbonyl (C=O) groups excluding carboxylic acids is 1. The molecule has 0 saturated carbocycles. The van der Waals surface area contributed by atoms with Crippen LogP contribution in [0.15, 0.2) is 22.7 Å². The van der Waals surface area contributed by atoms with Crippen LogP contribution < -0.4 is 4.74 Å². The van der Waals surface area contributed by atoms with Crippen LogP contribution in [-0.2, 0) is 4.74 Å². The topological polar surface area (TPSA) is 38.8 Å². The average molecular weight is 393 g/mol. The number of ether oxygens (including phenoxy) is 2. The summed E-state index contributed by atoms with van der Waals surface area (Å²) in [6.45, 7) is 1.76. The predicted octanol–water partition coefficient (Wildman–Crippen LogP) is 2.69. The highest BCUT2D eigenvalue weighted by Crippen LogP contribution is 2.25. The van der Waals surface area contributed by atoms with Crippen molar-refractivity contribution in [3.8, 4) is 5.75 Å². The van der Waals surface area contributed by atoms with Gasteiger partial charge in [-0.3, -0.25) is 4.79 Å². The van der Waals surface area contributed by atoms with Crippen LogP contribution in [0.5, 0.6) is 5.75 Å². The van der Waals surface area contributed by atoms with Gasteiger partial charge in [0.25, 0.3) is 5.91 Å². The predicted molar refractivity (Wildman–Crippen MR) is 80.1 cm³/mol. The van der Waals surface area contributed by atoms with Crippen molar-refractivity contribution in [1.29, 1.82) is 0 Å². The molecule has 1 aliphatic heterocycles. The van der Waals surface area contributed by atoms with E-state index in [2.05, 4.69) is 31.9 Å². The molecule has 1 fully saturated rings. The van der Waals surface area contributed by atoms with Crippen molar-refractivity contribution < 1.29 is 14.3 Å². The summed E-state index contributed by atoms with van der Waals surface area (Å²) in [5, 5.41) is 0.709. The van der Waals surface area contributed by atoms with Crippen LogP contribution in [0.25, 0.3) is 0 Å². The fourth-order valence-electron chi connectivity index (χ4n) is 2.00. The molecule has 6 heteroatoms. The molecule has 0 aromatic heterocycles. The highest BCUT2D eigenvalue weighted by atomic mass is 79.9. The molecule has 0 radical (unpaired) electrons. The number of rotatable bonds is 3. The molecule has 0 aliphatic carbocycles. The Labute approximate surface area is 129 Å². The van der Waals surface area contributed by atoms with Gasteiger partial charge in [0.1, 0.15) is 5.75 Å². The summed E-state index contributed by atoms with van der Waals surface area (Å²) in [5.74, 6) is 0.675. The van der Waals surface area contributed by atoms with Crippen molar-refractivity contribution in [1.82, 2.24) is 4.90 Å². The highest BCUT2D eigenvalue weighted by molar-refractivity contribution is 9.10. The lowest BCUT2D eigenvalue weighted by Crippen LogP contribution is -2.49. The summed E-state index contributed by atoms with van der Waals surface area (Å²) < 4.78 is 11.4. The maximum absolute atomic E-state index is 12.6. The number of alkyl halides is 1. The molecule has 1 heterocycles. The monoisotopic (exact) mass is 391 g/mol. The number of halogens is 2. The van der Waals surface area contributed by atoms with E-state index in [0.29, 0.717) is 36.4 Å². The van der Waals surface area contributed by atoms with Crippen molar-refractivity contribution in [2.24, 2.45) is 0 Å². The van der Waals surface area contributed by atoms with Gasteiger partial charge in [0.2, 0.25) is 0 Å². The summed E-state index contributed by atoms with van der Waals surface area (Å²) in [4.78, 5) is 14.5. The van der Waals surface area contributed by atoms with E-state index in [-0.39, 0.29) is 11.9 Å². The highest BCUT2D eigenvalue weighted by Gasteiger charge is 2.28. The van der Waals surface area contributed by atoms with Gasteiger partial charge in [0, 0.05) is 16.3 Å². The second-order valence-electron chi connectivity index (χ2n) is 4.23. The van der Waals surface area contributed by atoms with E-state index >= 15 is 0 Å². The normalized spacial score (nSPS) is 19.3. The minimum absolute atomic E-state index is 0.00137. The summed E-state index contributed by atoms with van der Waals surface area (Å²) in [7, 11) is 1.59. The van der Waals surface area contributed by atoms with Crippen LogP contribution in [0.4, 0.5) is 0 Å². The molecule has 2 rings (SSSR count). The zero-order chi connectivity index (χ0) is 13.8. The van der Waals surface area contributed by atoms with E-state index in [0.717, 1.165) is 4.47 Å². The number of morpholine rings is 1. The van der Waals surface area contributed by atoms with E-state index in [1.807, 2.05) is 17.0 Å². The molecule has 0 N–H and O–H groups in total. The molecule has 0 spiro atoms. The van der Waals surface area contributed by atoms with Crippen molar-refractivity contribution in [3.63, 3.8) is 0 Å². The maximum atomic E-state index is 12.6. The zero-order valence-electron chi connectivity index (χ0n) is 10.6. The minimum Gasteiger partial charge on any atom is -0.497 e. The van der Waals surface area contributed by atoms with Gasteiger partial charge in [-0.1, -0.05) is 15.9 Å². The Morgan fingerprint density at radius 1 is 1.58 bits per heavy atom. The average Bonchev–Trinajstić information content (AvgIpc) is 2.47. The fraction of sp³-hybridized carbons (Fsp3) is 0.462. The number of amides is 1. The fourth-order valence-corrected chi connectivity index (χ4v) is 2.95. The van der Waals surface area contributed by atoms with Gasteiger partial charge >= 0.3 is 0 Å². The third-order valence-corrected chi connectivity index (χ3v) is 4.51. The molecular formula is C13H15Br2NO3. The Morgan fingerprint density at radius 2 is 2.37 bits per heavy atom. The molecule has 1 unspecified atom stereocenters. The first kappa shape index (κ1) is 14.8. The van der Waals surface area contributed by atoms with Crippen molar-refractivity contribution in [2.75, 3.05) is 32.2 Å². The van der Waals surface area contributed by atoms with E-state index in [1.54, 1.807) is 13.2 Å². The van der Waals surface area contributed by atoms with Crippen LogP contribution in [0.3, 0.4) is 0 Å². The molecule has 1 aliphatic rings. The third-order valence-electron chi connectivity index (χ3n) is 3.07. The number of methoxy groups -OCH3 is 1. The number of carbonyl (C=O) groups is 1. The van der Waals surface area contributed by atoms with Gasteiger partial charge in [-0.05, 0) is 34.1 Å². The van der Waals surface area contributed by atoms with Crippen LogP contribution >= 0.6 is 31.9 Å². The van der Waals surface area contributed by atoms with Gasteiger partial charge in [-0.15, -0.1) is 0 Å². The third kappa shape index (κ3) is 3.30. The molecule has 19 heavy (non-hydrogen) atoms. The number of nitrogens with zero attached hydrogens (tertiary/aromatic N) is 1. The van der Waals surface area contributed by atoms with Gasteiger partial charge in [-0.2, -0.15) is 0 Å². The van der Waals surface area contributed by atoms with Crippen molar-refractivity contribution in [3.05, 3.63) is 28.2 Å². The van der Waals surface area contributed by atoms with Crippen LogP contribution in [0.2, 0.25) is 0 Å². The summed E-state index contributed by atoms with van der Waals surface area (Å²) in [6, 6.07) is 5.48. The first-order chi connectivity index (χ1) is 9.17. The summed E-state index contributed by atoms with van der Waals surface area (Å²) >= 11 is 6.85. The number of hydrogen-bond acceptors (Lipinski definition) is 3. The lowest BCUT2D eigenvalue weighted by molar-refractivity contribution is 0.00518. The Hall–Kier alpha value is -0.590. The second kappa shape index (κ2) is 6.72. The van der Waals surface area contributed by atoms with Gasteiger partial charge in [-0.25, -0.2) is 0 Å². The van der Waals surface area contributed by atoms with Crippen LogP contribution in [0.1, 0.15) is 10.4 Å². The smallest absolute Gasteiger partial charge is 0.255 e. The molecule has 1 aromatic carbocycles. The van der Waals surface area contributed by atoms with E-state index in [9.17, 15) is 4.79 Å². The van der Waals surface area contributed by atoms with Gasteiger partial charge in [0.05, 0.1) is 31.9 Å². The van der Waals surface area contributed by atoms with Gasteiger partial charge in [0.15, 0.2) is 0 Å². The lowest BCUT2D eigenvalue weighted by atomic mass is 10.1. The molecule has 104 valence electrons. The largest absolute Gasteiger partial charge is 0.497 e. The molecule has 1 aromatic rings. The van der Waals surface area contributed by atoms with Crippen molar-refractivity contribution in [2.45, 2.75) is 6.04 Å². The molecule has 1 amide bonds. The molecular weight excluding hydrogens is 378 g/mol. The van der Waals surface area contributed by atoms with Crippen LogP contribution in [-0.4, -0.2) is 49.0 Å². The first-order valence-corrected chi connectivity index (χ1v) is 7.87. The SMILES string of the molecule is COc1ccc(Br)c(C(=O)N2CCOCC2CBr)c1. The molecule has 1 atom stereocenters. The summed E-state index contributed by atoms with van der Waals surface area (Å²) in [5.41, 5.74) is 0.618. The maximum Gasteiger partial charge on any atom is 0.255 e. The Balaban J connectivity index is 2.27. The number of hydrogen-bond donors (Lipinski definition) is 0. The first-order valence-electron chi connectivity index (χ1n) is 5.95. The summed E-state index contributed by atoms with van der Waals surface area (Å²) in [6.07, 6.45) is 0. The van der Waals surface area contributed by atoms with E-state index in [1.165, 1.54) is 0 Å². The molecule has 1 saturated heterocycles. The van der Waals surface area contributed by atoms with Gasteiger partial charge < -0.3 is 14.4 Å². The van der Waals surface area contributed by atoms with Crippen LogP contribution in [0, 0.1) is 0 Å². The standard InChI is InChI=1S/C13H15Br2NO3/c1-18-10-2-3-12(15)11(6-10)13(17)16-4-5-19-8-9(16)7-14/h2-3,6,9H,4-5,7-8H2,1H3. The quantitative estimate of drug-likeness (QED) is 0.742.